The smallest absolute Gasteiger partial charge is 0.179 e. The van der Waals surface area contributed by atoms with Crippen LogP contribution in [0.1, 0.15) is 53.6 Å². The Balaban J connectivity index is 1.19. The van der Waals surface area contributed by atoms with Gasteiger partial charge in [-0.05, 0) is 167 Å². The summed E-state index contributed by atoms with van der Waals surface area (Å²) in [7, 11) is 0. The highest BCUT2D eigenvalue weighted by Crippen LogP contribution is 2.47. The molecule has 0 spiro atoms. The van der Waals surface area contributed by atoms with Crippen LogP contribution in [0.2, 0.25) is 0 Å². The number of fused-ring (bicyclic) bond motifs is 10. The van der Waals surface area contributed by atoms with Crippen molar-refractivity contribution in [2.75, 3.05) is 9.80 Å². The van der Waals surface area contributed by atoms with Gasteiger partial charge in [0.2, 0.25) is 0 Å². The maximum absolute atomic E-state index is 7.02. The van der Waals surface area contributed by atoms with Crippen molar-refractivity contribution in [3.8, 4) is 0 Å². The molecule has 0 saturated carbocycles. The van der Waals surface area contributed by atoms with Crippen LogP contribution in [-0.4, -0.2) is 6.04 Å². The number of anilines is 5. The van der Waals surface area contributed by atoms with Crippen molar-refractivity contribution < 1.29 is 8.83 Å². The topological polar surface area (TPSA) is 32.8 Å². The molecule has 0 fully saturated rings. The zero-order chi connectivity index (χ0) is 40.0. The van der Waals surface area contributed by atoms with E-state index in [9.17, 15) is 0 Å². The van der Waals surface area contributed by atoms with Gasteiger partial charge in [0.1, 0.15) is 11.2 Å². The van der Waals surface area contributed by atoms with Gasteiger partial charge in [-0.25, -0.2) is 0 Å². The van der Waals surface area contributed by atoms with Gasteiger partial charge in [-0.3, -0.25) is 0 Å². The second kappa shape index (κ2) is 13.6. The molecule has 1 aliphatic rings. The molecule has 10 rings (SSSR count). The number of rotatable bonds is 6. The van der Waals surface area contributed by atoms with E-state index in [0.717, 1.165) is 83.8 Å². The van der Waals surface area contributed by atoms with E-state index in [0.29, 0.717) is 0 Å². The normalized spacial score (nSPS) is 14.5. The molecule has 1 aliphatic carbocycles. The predicted molar refractivity (Wildman–Crippen MR) is 246 cm³/mol. The van der Waals surface area contributed by atoms with Crippen molar-refractivity contribution in [1.82, 2.24) is 0 Å². The summed E-state index contributed by atoms with van der Waals surface area (Å²) in [6, 6.07) is 42.6. The van der Waals surface area contributed by atoms with Crippen LogP contribution in [0.15, 0.2) is 147 Å². The first-order valence-corrected chi connectivity index (χ1v) is 20.4. The number of benzene rings is 7. The van der Waals surface area contributed by atoms with Gasteiger partial charge in [-0.2, -0.15) is 0 Å². The molecule has 0 N–H and O–H groups in total. The van der Waals surface area contributed by atoms with Gasteiger partial charge in [0.25, 0.3) is 0 Å². The first-order valence-electron chi connectivity index (χ1n) is 20.4. The van der Waals surface area contributed by atoms with Crippen LogP contribution in [-0.2, 0) is 0 Å². The van der Waals surface area contributed by atoms with Crippen molar-refractivity contribution in [2.24, 2.45) is 0 Å². The minimum atomic E-state index is 0.178. The van der Waals surface area contributed by atoms with Crippen molar-refractivity contribution >= 4 is 83.1 Å². The van der Waals surface area contributed by atoms with Crippen LogP contribution in [0.5, 0.6) is 0 Å². The molecule has 9 aromatic rings. The molecule has 1 unspecified atom stereocenters. The quantitative estimate of drug-likeness (QED) is 0.169. The number of hydrogen-bond acceptors (Lipinski definition) is 4. The van der Waals surface area contributed by atoms with Crippen LogP contribution < -0.4 is 9.80 Å². The third-order valence-electron chi connectivity index (χ3n) is 11.8. The van der Waals surface area contributed by atoms with Gasteiger partial charge in [0, 0.05) is 62.1 Å². The highest BCUT2D eigenvalue weighted by atomic mass is 16.4. The molecule has 0 saturated heterocycles. The van der Waals surface area contributed by atoms with E-state index in [2.05, 4.69) is 193 Å². The summed E-state index contributed by atoms with van der Waals surface area (Å²) in [5.74, 6) is 0. The summed E-state index contributed by atoms with van der Waals surface area (Å²) in [6.45, 7) is 17.5. The summed E-state index contributed by atoms with van der Waals surface area (Å²) in [6.07, 6.45) is 5.66. The van der Waals surface area contributed by atoms with Crippen LogP contribution in [0.3, 0.4) is 0 Å². The number of furan rings is 2. The zero-order valence-corrected chi connectivity index (χ0v) is 34.6. The molecule has 58 heavy (non-hydrogen) atoms. The lowest BCUT2D eigenvalue weighted by Gasteiger charge is -2.35. The fourth-order valence-corrected chi connectivity index (χ4v) is 9.82. The average Bonchev–Trinajstić information content (AvgIpc) is 3.73. The first kappa shape index (κ1) is 35.9. The summed E-state index contributed by atoms with van der Waals surface area (Å²) in [4.78, 5) is 4.84. The number of hydrogen-bond donors (Lipinski definition) is 0. The SMILES string of the molecule is CC1=CC(N(c2cc(C)cc(C)c2)c2ccc3c(c2)oc2c4oc5cc(N(c6cc(C)cc(C)c6)c6cc(C)cc(C)c6)ccc5c4c4ccccc4c32)CC(C)=C1. The van der Waals surface area contributed by atoms with Crippen molar-refractivity contribution in [3.05, 3.63) is 172 Å². The standard InChI is InChI=1S/C54H48N2O2/c1-31-17-32(2)22-41(21-31)55(42-23-33(3)18-34(4)24-42)39-13-15-47-49(29-39)57-53-51(47)45-11-9-10-12-46(45)52-48-16-14-40(30-50(48)58-54(52)53)56(43-25-35(5)19-36(6)26-43)44-27-37(7)20-38(8)28-44/h9-27,29-30,44H,28H2,1-8H3. The highest BCUT2D eigenvalue weighted by Gasteiger charge is 2.26. The Hall–Kier alpha value is -6.52. The molecule has 4 nitrogen and oxygen atoms in total. The van der Waals surface area contributed by atoms with E-state index in [4.69, 9.17) is 8.83 Å². The average molecular weight is 757 g/mol. The Morgan fingerprint density at radius 1 is 0.448 bits per heavy atom. The minimum Gasteiger partial charge on any atom is -0.452 e. The molecule has 286 valence electrons. The molecule has 2 heterocycles. The second-order valence-electron chi connectivity index (χ2n) is 16.9. The Kier molecular flexibility index (Phi) is 8.38. The Labute approximate surface area is 340 Å². The number of nitrogens with zero attached hydrogens (tertiary/aromatic N) is 2. The summed E-state index contributed by atoms with van der Waals surface area (Å²) >= 11 is 0. The minimum absolute atomic E-state index is 0.178. The molecule has 0 aliphatic heterocycles. The Morgan fingerprint density at radius 3 is 1.38 bits per heavy atom. The number of allylic oxidation sites excluding steroid dienone is 2. The molecule has 7 aromatic carbocycles. The molecule has 0 amide bonds. The predicted octanol–water partition coefficient (Wildman–Crippen LogP) is 15.8. The van der Waals surface area contributed by atoms with E-state index < -0.39 is 0 Å². The first-order chi connectivity index (χ1) is 28.0. The van der Waals surface area contributed by atoms with E-state index >= 15 is 0 Å². The molecule has 4 heteroatoms. The van der Waals surface area contributed by atoms with E-state index in [1.54, 1.807) is 0 Å². The van der Waals surface area contributed by atoms with Crippen LogP contribution >= 0.6 is 0 Å². The van der Waals surface area contributed by atoms with Crippen molar-refractivity contribution in [2.45, 2.75) is 67.9 Å². The van der Waals surface area contributed by atoms with Gasteiger partial charge in [-0.15, -0.1) is 0 Å². The third kappa shape index (κ3) is 6.06. The van der Waals surface area contributed by atoms with Gasteiger partial charge >= 0.3 is 0 Å². The fourth-order valence-electron chi connectivity index (χ4n) is 9.82. The van der Waals surface area contributed by atoms with E-state index in [1.807, 2.05) is 0 Å². The summed E-state index contributed by atoms with van der Waals surface area (Å²) in [5.41, 5.74) is 18.9. The van der Waals surface area contributed by atoms with Crippen molar-refractivity contribution in [3.63, 3.8) is 0 Å². The van der Waals surface area contributed by atoms with E-state index in [-0.39, 0.29) is 6.04 Å². The number of aryl methyl sites for hydroxylation is 6. The van der Waals surface area contributed by atoms with Gasteiger partial charge in [0.05, 0.1) is 6.04 Å². The van der Waals surface area contributed by atoms with Gasteiger partial charge in [-0.1, -0.05) is 65.8 Å². The van der Waals surface area contributed by atoms with Crippen LogP contribution in [0.4, 0.5) is 28.4 Å². The second-order valence-corrected chi connectivity index (χ2v) is 16.9. The summed E-state index contributed by atoms with van der Waals surface area (Å²) in [5, 5.41) is 6.64. The van der Waals surface area contributed by atoms with Crippen LogP contribution in [0, 0.1) is 41.5 Å². The fraction of sp³-hybridized carbons (Fsp3) is 0.185. The Morgan fingerprint density at radius 2 is 0.897 bits per heavy atom. The Bertz CT molecular complexity index is 3100. The van der Waals surface area contributed by atoms with Gasteiger partial charge < -0.3 is 18.6 Å². The molecule has 2 aromatic heterocycles. The maximum Gasteiger partial charge on any atom is 0.179 e. The molecule has 0 radical (unpaired) electrons. The lowest BCUT2D eigenvalue weighted by Crippen LogP contribution is -2.31. The molecular weight excluding hydrogens is 709 g/mol. The molecule has 1 atom stereocenters. The zero-order valence-electron chi connectivity index (χ0n) is 34.6. The molecular formula is C54H48N2O2. The maximum atomic E-state index is 7.02. The molecule has 0 bridgehead atoms. The lowest BCUT2D eigenvalue weighted by atomic mass is 9.94. The third-order valence-corrected chi connectivity index (χ3v) is 11.8. The monoisotopic (exact) mass is 756 g/mol. The van der Waals surface area contributed by atoms with Crippen molar-refractivity contribution in [1.29, 1.82) is 0 Å². The van der Waals surface area contributed by atoms with Gasteiger partial charge in [0.15, 0.2) is 11.2 Å². The highest BCUT2D eigenvalue weighted by molar-refractivity contribution is 6.33. The lowest BCUT2D eigenvalue weighted by molar-refractivity contribution is 0.633. The summed E-state index contributed by atoms with van der Waals surface area (Å²) < 4.78 is 14.0. The van der Waals surface area contributed by atoms with E-state index in [1.165, 1.54) is 50.2 Å². The largest absolute Gasteiger partial charge is 0.452 e. The van der Waals surface area contributed by atoms with Crippen LogP contribution in [0.25, 0.3) is 54.6 Å².